The molecule has 0 fully saturated rings. The first-order valence-corrected chi connectivity index (χ1v) is 9.81. The number of allylic oxidation sites excluding steroid dienone is 9. The Morgan fingerprint density at radius 3 is 2.61 bits per heavy atom. The summed E-state index contributed by atoms with van der Waals surface area (Å²) in [5, 5.41) is 0. The van der Waals surface area contributed by atoms with Crippen LogP contribution < -0.4 is 0 Å². The van der Waals surface area contributed by atoms with Crippen LogP contribution >= 0.6 is 0 Å². The monoisotopic (exact) mass is 366 g/mol. The highest BCUT2D eigenvalue weighted by molar-refractivity contribution is 5.74. The van der Waals surface area contributed by atoms with Crippen molar-refractivity contribution in [3.8, 4) is 11.3 Å². The number of hydrogen-bond donors (Lipinski definition) is 0. The largest absolute Gasteiger partial charge is 0.233 e. The van der Waals surface area contributed by atoms with E-state index in [0.717, 1.165) is 53.2 Å². The van der Waals surface area contributed by atoms with E-state index in [1.165, 1.54) is 0 Å². The van der Waals surface area contributed by atoms with Crippen molar-refractivity contribution in [2.24, 2.45) is 0 Å². The molecular weight excluding hydrogens is 340 g/mol. The highest BCUT2D eigenvalue weighted by atomic mass is 14.9. The minimum atomic E-state index is 0.750. The van der Waals surface area contributed by atoms with Crippen molar-refractivity contribution in [3.63, 3.8) is 0 Å². The van der Waals surface area contributed by atoms with Crippen molar-refractivity contribution in [1.82, 2.24) is 9.97 Å². The van der Waals surface area contributed by atoms with Crippen LogP contribution in [-0.2, 0) is 6.42 Å². The zero-order valence-corrected chi connectivity index (χ0v) is 16.6. The van der Waals surface area contributed by atoms with Crippen molar-refractivity contribution in [2.45, 2.75) is 33.1 Å². The van der Waals surface area contributed by atoms with Crippen LogP contribution in [0.2, 0.25) is 0 Å². The Hall–Kier alpha value is -3.22. The fraction of sp³-hybridized carbons (Fsp3) is 0.192. The van der Waals surface area contributed by atoms with E-state index >= 15 is 0 Å². The summed E-state index contributed by atoms with van der Waals surface area (Å²) in [6, 6.07) is 12.4. The second-order valence-electron chi connectivity index (χ2n) is 6.67. The molecule has 3 rings (SSSR count). The van der Waals surface area contributed by atoms with E-state index in [1.807, 2.05) is 43.4 Å². The molecule has 0 bridgehead atoms. The maximum atomic E-state index is 4.84. The van der Waals surface area contributed by atoms with Crippen molar-refractivity contribution in [2.75, 3.05) is 0 Å². The van der Waals surface area contributed by atoms with Gasteiger partial charge in [-0.2, -0.15) is 0 Å². The number of rotatable bonds is 7. The van der Waals surface area contributed by atoms with Gasteiger partial charge < -0.3 is 0 Å². The van der Waals surface area contributed by atoms with Crippen LogP contribution in [0.15, 0.2) is 96.3 Å². The van der Waals surface area contributed by atoms with Crippen LogP contribution in [0.25, 0.3) is 16.8 Å². The fourth-order valence-corrected chi connectivity index (χ4v) is 2.86. The molecule has 0 aliphatic heterocycles. The molecule has 0 N–H and O–H groups in total. The molecule has 0 saturated heterocycles. The summed E-state index contributed by atoms with van der Waals surface area (Å²) in [4.78, 5) is 9.67. The Morgan fingerprint density at radius 2 is 1.79 bits per heavy atom. The summed E-state index contributed by atoms with van der Waals surface area (Å²) < 4.78 is 0. The molecular formula is C26H26N2. The topological polar surface area (TPSA) is 25.8 Å². The fourth-order valence-electron chi connectivity index (χ4n) is 2.86. The Kier molecular flexibility index (Phi) is 7.12. The Morgan fingerprint density at radius 1 is 0.964 bits per heavy atom. The number of hydrogen-bond acceptors (Lipinski definition) is 2. The summed E-state index contributed by atoms with van der Waals surface area (Å²) in [5.41, 5.74) is 8.38. The Labute approximate surface area is 168 Å². The Bertz CT molecular complexity index is 982. The van der Waals surface area contributed by atoms with Crippen LogP contribution in [0.4, 0.5) is 0 Å². The molecule has 0 atom stereocenters. The molecule has 2 aromatic rings. The van der Waals surface area contributed by atoms with Crippen LogP contribution in [0.5, 0.6) is 0 Å². The third kappa shape index (κ3) is 5.64. The second kappa shape index (κ2) is 10.2. The van der Waals surface area contributed by atoms with E-state index < -0.39 is 0 Å². The first-order chi connectivity index (χ1) is 13.8. The summed E-state index contributed by atoms with van der Waals surface area (Å²) in [6.07, 6.45) is 19.7. The van der Waals surface area contributed by atoms with Crippen molar-refractivity contribution in [1.29, 1.82) is 0 Å². The normalized spacial score (nSPS) is 13.8. The predicted octanol–water partition coefficient (Wildman–Crippen LogP) is 6.65. The van der Waals surface area contributed by atoms with Gasteiger partial charge in [-0.25, -0.2) is 9.97 Å². The zero-order chi connectivity index (χ0) is 19.6. The van der Waals surface area contributed by atoms with E-state index in [0.29, 0.717) is 0 Å². The summed E-state index contributed by atoms with van der Waals surface area (Å²) in [5.74, 6) is 0.750. The molecule has 2 nitrogen and oxygen atoms in total. The maximum Gasteiger partial charge on any atom is 0.160 e. The molecule has 0 radical (unpaired) electrons. The molecule has 1 heterocycles. The lowest BCUT2D eigenvalue weighted by Crippen LogP contribution is -2.00. The van der Waals surface area contributed by atoms with Crippen LogP contribution in [0.3, 0.4) is 0 Å². The lowest BCUT2D eigenvalue weighted by Gasteiger charge is -2.08. The zero-order valence-electron chi connectivity index (χ0n) is 16.6. The Balaban J connectivity index is 1.91. The van der Waals surface area contributed by atoms with Gasteiger partial charge in [-0.3, -0.25) is 0 Å². The van der Waals surface area contributed by atoms with Crippen LogP contribution in [0, 0.1) is 0 Å². The number of nitrogens with zero attached hydrogens (tertiary/aromatic N) is 2. The molecule has 1 aromatic carbocycles. The molecule has 0 amide bonds. The maximum absolute atomic E-state index is 4.84. The van der Waals surface area contributed by atoms with Gasteiger partial charge in [-0.15, -0.1) is 5.73 Å². The highest BCUT2D eigenvalue weighted by Crippen LogP contribution is 2.22. The van der Waals surface area contributed by atoms with Crippen molar-refractivity contribution < 1.29 is 0 Å². The standard InChI is InChI=1S/C26H26N2/c1-3-4-5-6-7-11-17-24-20-25(22-14-9-8-10-15-22)28-26(27-24)23-16-12-13-21(2)18-19-23/h4-5,7-12,14-16,18-20H,3,6,17H2,1-2H3/b5-4-,11-7-. The van der Waals surface area contributed by atoms with Crippen LogP contribution in [-0.4, -0.2) is 9.97 Å². The van der Waals surface area contributed by atoms with Gasteiger partial charge >= 0.3 is 0 Å². The van der Waals surface area contributed by atoms with Gasteiger partial charge in [0, 0.05) is 23.3 Å². The van der Waals surface area contributed by atoms with E-state index in [9.17, 15) is 0 Å². The third-order valence-corrected chi connectivity index (χ3v) is 4.36. The molecule has 0 spiro atoms. The van der Waals surface area contributed by atoms with Gasteiger partial charge in [0.25, 0.3) is 0 Å². The van der Waals surface area contributed by atoms with E-state index in [-0.39, 0.29) is 0 Å². The quantitative estimate of drug-likeness (QED) is 0.405. The van der Waals surface area contributed by atoms with E-state index in [4.69, 9.17) is 9.97 Å². The molecule has 1 aliphatic carbocycles. The lowest BCUT2D eigenvalue weighted by molar-refractivity contribution is 1.02. The predicted molar refractivity (Wildman–Crippen MR) is 119 cm³/mol. The van der Waals surface area contributed by atoms with Gasteiger partial charge in [0.2, 0.25) is 0 Å². The first kappa shape index (κ1) is 19.5. The smallest absolute Gasteiger partial charge is 0.160 e. The van der Waals surface area contributed by atoms with Gasteiger partial charge in [0.1, 0.15) is 0 Å². The van der Waals surface area contributed by atoms with Crippen LogP contribution in [0.1, 0.15) is 38.2 Å². The summed E-state index contributed by atoms with van der Waals surface area (Å²) >= 11 is 0. The van der Waals surface area contributed by atoms with Gasteiger partial charge in [0.15, 0.2) is 5.82 Å². The first-order valence-electron chi connectivity index (χ1n) is 9.81. The molecule has 1 aromatic heterocycles. The minimum absolute atomic E-state index is 0.750. The van der Waals surface area contributed by atoms with Gasteiger partial charge in [-0.1, -0.05) is 73.7 Å². The molecule has 0 saturated carbocycles. The van der Waals surface area contributed by atoms with Gasteiger partial charge in [0.05, 0.1) is 5.69 Å². The average molecular weight is 367 g/mol. The lowest BCUT2D eigenvalue weighted by atomic mass is 10.1. The van der Waals surface area contributed by atoms with E-state index in [2.05, 4.69) is 61.2 Å². The molecule has 140 valence electrons. The number of benzene rings is 1. The van der Waals surface area contributed by atoms with Crippen molar-refractivity contribution >= 4 is 5.57 Å². The molecule has 2 heteroatoms. The molecule has 1 aliphatic rings. The number of aromatic nitrogens is 2. The van der Waals surface area contributed by atoms with Gasteiger partial charge in [-0.05, 0) is 43.6 Å². The van der Waals surface area contributed by atoms with E-state index in [1.54, 1.807) is 0 Å². The summed E-state index contributed by atoms with van der Waals surface area (Å²) in [6.45, 7) is 4.19. The SMILES string of the molecule is CC/C=C\C/C=C\Cc1cc(-c2ccccc2)nc(C2=CC=C=C(C)C=C2)n1. The average Bonchev–Trinajstić information content (AvgIpc) is 2.95. The molecule has 0 unspecified atom stereocenters. The minimum Gasteiger partial charge on any atom is -0.233 e. The molecule has 28 heavy (non-hydrogen) atoms. The third-order valence-electron chi connectivity index (χ3n) is 4.36. The summed E-state index contributed by atoms with van der Waals surface area (Å²) in [7, 11) is 0. The highest BCUT2D eigenvalue weighted by Gasteiger charge is 2.09. The second-order valence-corrected chi connectivity index (χ2v) is 6.67. The van der Waals surface area contributed by atoms with Crippen molar-refractivity contribution in [3.05, 3.63) is 108 Å².